The van der Waals surface area contributed by atoms with Gasteiger partial charge in [-0.3, -0.25) is 28.9 Å². The lowest BCUT2D eigenvalue weighted by atomic mass is 9.78. The lowest BCUT2D eigenvalue weighted by molar-refractivity contribution is -0.322. The van der Waals surface area contributed by atoms with Crippen LogP contribution in [0.1, 0.15) is 58.1 Å². The van der Waals surface area contributed by atoms with Gasteiger partial charge in [-0.15, -0.1) is 0 Å². The average molecular weight is 592 g/mol. The van der Waals surface area contributed by atoms with E-state index in [0.29, 0.717) is 25.8 Å². The molecule has 5 heterocycles. The first-order valence-electron chi connectivity index (χ1n) is 15.4. The van der Waals surface area contributed by atoms with E-state index in [1.807, 2.05) is 50.2 Å². The van der Waals surface area contributed by atoms with Crippen molar-refractivity contribution in [3.8, 4) is 0 Å². The van der Waals surface area contributed by atoms with Gasteiger partial charge in [0.2, 0.25) is 11.6 Å². The zero-order chi connectivity index (χ0) is 30.6. The number of aliphatic hydroxyl groups is 2. The Morgan fingerprint density at radius 3 is 2.70 bits per heavy atom. The molecule has 1 aliphatic carbocycles. The van der Waals surface area contributed by atoms with Crippen LogP contribution in [0.2, 0.25) is 0 Å². The SMILES string of the molecule is CC(C)CC1C(=O)N2CCCC2C2(O)OC(NC(=O)C3(O)C=C4c5cccc6[nH]cc(c56)CC4N(C)C3)(C(C)C)C(=O)N12. The molecule has 2 aromatic rings. The van der Waals surface area contributed by atoms with Gasteiger partial charge >= 0.3 is 0 Å². The molecule has 3 fully saturated rings. The van der Waals surface area contributed by atoms with E-state index in [9.17, 15) is 24.6 Å². The number of aromatic nitrogens is 1. The largest absolute Gasteiger partial charge is 0.375 e. The number of hydrogen-bond donors (Lipinski definition) is 4. The van der Waals surface area contributed by atoms with Crippen molar-refractivity contribution in [1.82, 2.24) is 25.0 Å². The number of likely N-dealkylation sites (N-methyl/N-ethyl adjacent to an activating group) is 1. The first kappa shape index (κ1) is 28.5. The minimum absolute atomic E-state index is 0.00391. The van der Waals surface area contributed by atoms with Gasteiger partial charge in [0.15, 0.2) is 5.60 Å². The van der Waals surface area contributed by atoms with Crippen LogP contribution in [0.25, 0.3) is 16.5 Å². The molecule has 43 heavy (non-hydrogen) atoms. The number of nitrogens with one attached hydrogen (secondary N) is 2. The number of aromatic amines is 1. The van der Waals surface area contributed by atoms with E-state index < -0.39 is 47.1 Å². The second-order valence-corrected chi connectivity index (χ2v) is 13.8. The Morgan fingerprint density at radius 1 is 1.21 bits per heavy atom. The Morgan fingerprint density at radius 2 is 1.98 bits per heavy atom. The monoisotopic (exact) mass is 591 g/mol. The van der Waals surface area contributed by atoms with Crippen LogP contribution in [-0.2, 0) is 25.5 Å². The molecule has 3 saturated heterocycles. The molecule has 4 aliphatic heterocycles. The predicted octanol–water partition coefficient (Wildman–Crippen LogP) is 1.55. The zero-order valence-corrected chi connectivity index (χ0v) is 25.4. The van der Waals surface area contributed by atoms with E-state index in [1.54, 1.807) is 24.8 Å². The molecule has 6 unspecified atom stereocenters. The van der Waals surface area contributed by atoms with Gasteiger partial charge in [0, 0.05) is 42.1 Å². The van der Waals surface area contributed by atoms with Crippen molar-refractivity contribution in [2.45, 2.75) is 88.7 Å². The molecule has 6 atom stereocenters. The molecule has 1 aromatic heterocycles. The number of hydrogen-bond acceptors (Lipinski definition) is 7. The van der Waals surface area contributed by atoms with Crippen LogP contribution in [0.4, 0.5) is 0 Å². The molecule has 5 aliphatic rings. The van der Waals surface area contributed by atoms with Crippen LogP contribution in [0.3, 0.4) is 0 Å². The van der Waals surface area contributed by atoms with Gasteiger partial charge in [-0.2, -0.15) is 0 Å². The molecule has 11 nitrogen and oxygen atoms in total. The fraction of sp³-hybridized carbons (Fsp3) is 0.594. The summed E-state index contributed by atoms with van der Waals surface area (Å²) in [5.41, 5.74) is 0.0197. The summed E-state index contributed by atoms with van der Waals surface area (Å²) >= 11 is 0. The van der Waals surface area contributed by atoms with E-state index in [-0.39, 0.29) is 24.4 Å². The second-order valence-electron chi connectivity index (χ2n) is 13.8. The number of β-amino-alcohol motifs (C(OH)–C–C–N with tert-alkyl or cyclic N) is 1. The van der Waals surface area contributed by atoms with Gasteiger partial charge in [0.1, 0.15) is 12.1 Å². The van der Waals surface area contributed by atoms with Gasteiger partial charge in [-0.05, 0) is 67.5 Å². The van der Waals surface area contributed by atoms with Gasteiger partial charge in [-0.1, -0.05) is 39.8 Å². The van der Waals surface area contributed by atoms with Crippen molar-refractivity contribution < 1.29 is 29.3 Å². The molecule has 3 amide bonds. The predicted molar refractivity (Wildman–Crippen MR) is 158 cm³/mol. The maximum absolute atomic E-state index is 14.4. The van der Waals surface area contributed by atoms with Crippen LogP contribution in [0, 0.1) is 11.8 Å². The first-order chi connectivity index (χ1) is 20.3. The van der Waals surface area contributed by atoms with Crippen molar-refractivity contribution in [3.05, 3.63) is 41.6 Å². The Hall–Kier alpha value is -3.25. The molecular formula is C32H41N5O6. The molecule has 4 N–H and O–H groups in total. The number of H-pyrrole nitrogens is 1. The summed E-state index contributed by atoms with van der Waals surface area (Å²) < 4.78 is 6.37. The Kier molecular flexibility index (Phi) is 6.22. The van der Waals surface area contributed by atoms with Crippen molar-refractivity contribution in [1.29, 1.82) is 0 Å². The number of benzene rings is 1. The molecular weight excluding hydrogens is 550 g/mol. The average Bonchev–Trinajstić information content (AvgIpc) is 3.65. The van der Waals surface area contributed by atoms with Crippen LogP contribution in [-0.4, -0.2) is 103 Å². The molecule has 11 heteroatoms. The van der Waals surface area contributed by atoms with Gasteiger partial charge in [0.05, 0.1) is 0 Å². The van der Waals surface area contributed by atoms with Crippen LogP contribution >= 0.6 is 0 Å². The zero-order valence-electron chi connectivity index (χ0n) is 25.4. The Labute approximate surface area is 250 Å². The minimum atomic E-state index is -2.10. The van der Waals surface area contributed by atoms with Crippen molar-refractivity contribution in [3.63, 3.8) is 0 Å². The molecule has 230 valence electrons. The van der Waals surface area contributed by atoms with Crippen LogP contribution < -0.4 is 5.32 Å². The third-order valence-electron chi connectivity index (χ3n) is 10.2. The van der Waals surface area contributed by atoms with E-state index in [2.05, 4.69) is 10.3 Å². The highest BCUT2D eigenvalue weighted by molar-refractivity contribution is 6.02. The molecule has 7 rings (SSSR count). The van der Waals surface area contributed by atoms with Gasteiger partial charge in [0.25, 0.3) is 17.7 Å². The summed E-state index contributed by atoms with van der Waals surface area (Å²) in [6.45, 7) is 7.85. The fourth-order valence-corrected chi connectivity index (χ4v) is 8.14. The summed E-state index contributed by atoms with van der Waals surface area (Å²) in [6, 6.07) is 4.26. The number of piperazine rings is 1. The Balaban J connectivity index is 1.27. The number of carbonyl (C=O) groups is 3. The van der Waals surface area contributed by atoms with Gasteiger partial charge < -0.3 is 25.4 Å². The number of fused-ring (bicyclic) bond motifs is 5. The quantitative estimate of drug-likeness (QED) is 0.414. The van der Waals surface area contributed by atoms with Crippen molar-refractivity contribution >= 4 is 34.2 Å². The minimum Gasteiger partial charge on any atom is -0.375 e. The fourth-order valence-electron chi connectivity index (χ4n) is 8.14. The van der Waals surface area contributed by atoms with Crippen molar-refractivity contribution in [2.75, 3.05) is 20.1 Å². The highest BCUT2D eigenvalue weighted by Gasteiger charge is 2.72. The smallest absolute Gasteiger partial charge is 0.281 e. The lowest BCUT2D eigenvalue weighted by Crippen LogP contribution is -2.71. The standard InChI is InChI=1S/C32H41N5O6/c1-17(2)12-24-27(38)36-11-7-10-25(36)32(42)37(24)29(40)31(43-32,18(3)4)34-28(39)30(41)14-21-20-8-6-9-22-26(20)19(15-33-22)13-23(21)35(5)16-30/h6,8-9,14-15,17-18,23-25,33,41-42H,7,10-13,16H2,1-5H3,(H,34,39). The topological polar surface area (TPSA) is 138 Å². The number of amides is 3. The second kappa shape index (κ2) is 9.37. The number of carbonyl (C=O) groups excluding carboxylic acids is 3. The normalized spacial score (nSPS) is 35.5. The molecule has 0 spiro atoms. The first-order valence-corrected chi connectivity index (χ1v) is 15.4. The lowest BCUT2D eigenvalue weighted by Gasteiger charge is -2.49. The maximum atomic E-state index is 14.4. The highest BCUT2D eigenvalue weighted by atomic mass is 16.7. The molecule has 0 bridgehead atoms. The van der Waals surface area contributed by atoms with Gasteiger partial charge in [-0.25, -0.2) is 0 Å². The maximum Gasteiger partial charge on any atom is 0.281 e. The summed E-state index contributed by atoms with van der Waals surface area (Å²) in [5, 5.41) is 28.0. The van der Waals surface area contributed by atoms with E-state index in [4.69, 9.17) is 4.74 Å². The highest BCUT2D eigenvalue weighted by Crippen LogP contribution is 2.49. The van der Waals surface area contributed by atoms with Crippen LogP contribution in [0.15, 0.2) is 30.5 Å². The molecule has 1 aromatic carbocycles. The van der Waals surface area contributed by atoms with E-state index >= 15 is 0 Å². The van der Waals surface area contributed by atoms with Crippen molar-refractivity contribution in [2.24, 2.45) is 11.8 Å². The summed E-state index contributed by atoms with van der Waals surface area (Å²) in [6.07, 6.45) is 5.87. The summed E-state index contributed by atoms with van der Waals surface area (Å²) in [5.74, 6) is -4.33. The van der Waals surface area contributed by atoms with E-state index in [0.717, 1.165) is 28.5 Å². The molecule has 0 radical (unpaired) electrons. The number of ether oxygens (including phenoxy) is 1. The third-order valence-corrected chi connectivity index (χ3v) is 10.2. The number of nitrogens with zero attached hydrogens (tertiary/aromatic N) is 3. The number of rotatable bonds is 5. The Bertz CT molecular complexity index is 1570. The van der Waals surface area contributed by atoms with Crippen LogP contribution in [0.5, 0.6) is 0 Å². The molecule has 0 saturated carbocycles. The summed E-state index contributed by atoms with van der Waals surface area (Å²) in [4.78, 5) is 50.3. The van der Waals surface area contributed by atoms with E-state index in [1.165, 1.54) is 10.5 Å². The summed E-state index contributed by atoms with van der Waals surface area (Å²) in [7, 11) is 1.88. The third kappa shape index (κ3) is 3.84.